The lowest BCUT2D eigenvalue weighted by molar-refractivity contribution is 0.0525. The van der Waals surface area contributed by atoms with Crippen molar-refractivity contribution in [1.82, 2.24) is 0 Å². The quantitative estimate of drug-likeness (QED) is 0.489. The monoisotopic (exact) mass is 318 g/mol. The van der Waals surface area contributed by atoms with E-state index < -0.39 is 0 Å². The van der Waals surface area contributed by atoms with Gasteiger partial charge < -0.3 is 4.74 Å². The van der Waals surface area contributed by atoms with Crippen molar-refractivity contribution < 1.29 is 14.3 Å². The minimum absolute atomic E-state index is 0.0108. The molecular formula is C11H11IO3. The Balaban J connectivity index is 3.03. The van der Waals surface area contributed by atoms with Gasteiger partial charge >= 0.3 is 5.97 Å². The third-order valence-electron chi connectivity index (χ3n) is 1.87. The van der Waals surface area contributed by atoms with Crippen LogP contribution in [0.25, 0.3) is 0 Å². The van der Waals surface area contributed by atoms with Gasteiger partial charge in [-0.25, -0.2) is 4.79 Å². The van der Waals surface area contributed by atoms with E-state index in [2.05, 4.69) is 0 Å². The molecule has 4 heteroatoms. The molecule has 0 unspecified atom stereocenters. The first kappa shape index (κ1) is 12.2. The molecule has 0 aliphatic carbocycles. The van der Waals surface area contributed by atoms with E-state index in [0.717, 1.165) is 3.57 Å². The number of carbonyl (C=O) groups excluding carboxylic acids is 2. The van der Waals surface area contributed by atoms with Gasteiger partial charge in [0.25, 0.3) is 0 Å². The molecule has 80 valence electrons. The second kappa shape index (κ2) is 5.25. The van der Waals surface area contributed by atoms with Crippen molar-refractivity contribution in [3.05, 3.63) is 32.9 Å². The van der Waals surface area contributed by atoms with Gasteiger partial charge in [0.1, 0.15) is 0 Å². The first-order valence-corrected chi connectivity index (χ1v) is 5.61. The number of ether oxygens (including phenoxy) is 1. The fourth-order valence-electron chi connectivity index (χ4n) is 1.11. The second-order valence-corrected chi connectivity index (χ2v) is 4.13. The molecule has 1 aromatic carbocycles. The summed E-state index contributed by atoms with van der Waals surface area (Å²) in [4.78, 5) is 22.5. The number of Topliss-reactive ketones (excluding diaryl/α,β-unsaturated/α-hetero) is 1. The smallest absolute Gasteiger partial charge is 0.339 e. The van der Waals surface area contributed by atoms with Crippen molar-refractivity contribution in [3.63, 3.8) is 0 Å². The highest BCUT2D eigenvalue weighted by Crippen LogP contribution is 2.16. The lowest BCUT2D eigenvalue weighted by Crippen LogP contribution is -2.07. The van der Waals surface area contributed by atoms with Crippen molar-refractivity contribution in [3.8, 4) is 0 Å². The maximum atomic E-state index is 11.4. The number of rotatable bonds is 3. The molecule has 0 aliphatic heterocycles. The molecule has 0 spiro atoms. The van der Waals surface area contributed by atoms with E-state index in [0.29, 0.717) is 17.7 Å². The number of hydrogen-bond acceptors (Lipinski definition) is 3. The van der Waals surface area contributed by atoms with Crippen molar-refractivity contribution >= 4 is 34.3 Å². The minimum atomic E-state index is -0.350. The third kappa shape index (κ3) is 3.02. The average Bonchev–Trinajstić information content (AvgIpc) is 2.17. The second-order valence-electron chi connectivity index (χ2n) is 2.97. The van der Waals surface area contributed by atoms with Crippen LogP contribution in [0.15, 0.2) is 18.2 Å². The fraction of sp³-hybridized carbons (Fsp3) is 0.273. The standard InChI is InChI=1S/C11H11IO3/c1-3-15-11(14)9-5-4-8(7(2)13)6-10(9)12/h4-6H,3H2,1-2H3. The summed E-state index contributed by atoms with van der Waals surface area (Å²) in [5, 5.41) is 0. The average molecular weight is 318 g/mol. The molecule has 1 rings (SSSR count). The molecule has 0 aromatic heterocycles. The summed E-state index contributed by atoms with van der Waals surface area (Å²) < 4.78 is 5.62. The Morgan fingerprint density at radius 3 is 2.53 bits per heavy atom. The number of halogens is 1. The summed E-state index contributed by atoms with van der Waals surface area (Å²) in [6.07, 6.45) is 0. The van der Waals surface area contributed by atoms with Crippen LogP contribution in [0.2, 0.25) is 0 Å². The van der Waals surface area contributed by atoms with Crippen LogP contribution in [0.1, 0.15) is 34.6 Å². The summed E-state index contributed by atoms with van der Waals surface area (Å²) in [6.45, 7) is 3.60. The van der Waals surface area contributed by atoms with E-state index in [1.807, 2.05) is 22.6 Å². The van der Waals surface area contributed by atoms with E-state index in [9.17, 15) is 9.59 Å². The summed E-state index contributed by atoms with van der Waals surface area (Å²) >= 11 is 2.02. The molecule has 0 N–H and O–H groups in total. The lowest BCUT2D eigenvalue weighted by atomic mass is 10.1. The summed E-state index contributed by atoms with van der Waals surface area (Å²) in [7, 11) is 0. The van der Waals surface area contributed by atoms with Crippen LogP contribution in [0.4, 0.5) is 0 Å². The van der Waals surface area contributed by atoms with Gasteiger partial charge in [-0.3, -0.25) is 4.79 Å². The van der Waals surface area contributed by atoms with Crippen LogP contribution in [0.5, 0.6) is 0 Å². The third-order valence-corrected chi connectivity index (χ3v) is 2.76. The van der Waals surface area contributed by atoms with Crippen molar-refractivity contribution in [2.45, 2.75) is 13.8 Å². The first-order valence-electron chi connectivity index (χ1n) is 4.54. The number of hydrogen-bond donors (Lipinski definition) is 0. The van der Waals surface area contributed by atoms with Gasteiger partial charge in [0.05, 0.1) is 12.2 Å². The van der Waals surface area contributed by atoms with Gasteiger partial charge in [0.2, 0.25) is 0 Å². The van der Waals surface area contributed by atoms with Crippen LogP contribution in [-0.4, -0.2) is 18.4 Å². The molecule has 3 nitrogen and oxygen atoms in total. The van der Waals surface area contributed by atoms with Gasteiger partial charge in [-0.05, 0) is 48.6 Å². The molecule has 1 aromatic rings. The van der Waals surface area contributed by atoms with E-state index >= 15 is 0 Å². The highest BCUT2D eigenvalue weighted by molar-refractivity contribution is 14.1. The van der Waals surface area contributed by atoms with Crippen LogP contribution in [0, 0.1) is 3.57 Å². The van der Waals surface area contributed by atoms with Crippen LogP contribution in [-0.2, 0) is 4.74 Å². The van der Waals surface area contributed by atoms with E-state index in [1.165, 1.54) is 6.92 Å². The molecule has 0 fully saturated rings. The number of benzene rings is 1. The van der Waals surface area contributed by atoms with Gasteiger partial charge in [-0.15, -0.1) is 0 Å². The van der Waals surface area contributed by atoms with Crippen LogP contribution in [0.3, 0.4) is 0 Å². The maximum absolute atomic E-state index is 11.4. The van der Waals surface area contributed by atoms with E-state index in [4.69, 9.17) is 4.74 Å². The van der Waals surface area contributed by atoms with Gasteiger partial charge in [0, 0.05) is 9.13 Å². The van der Waals surface area contributed by atoms with Gasteiger partial charge in [-0.2, -0.15) is 0 Å². The highest BCUT2D eigenvalue weighted by Gasteiger charge is 2.12. The van der Waals surface area contributed by atoms with E-state index in [-0.39, 0.29) is 11.8 Å². The SMILES string of the molecule is CCOC(=O)c1ccc(C(C)=O)cc1I. The Labute approximate surface area is 102 Å². The van der Waals surface area contributed by atoms with Crippen molar-refractivity contribution in [2.75, 3.05) is 6.61 Å². The zero-order chi connectivity index (χ0) is 11.4. The molecule has 0 radical (unpaired) electrons. The first-order chi connectivity index (χ1) is 7.06. The van der Waals surface area contributed by atoms with Gasteiger partial charge in [0.15, 0.2) is 5.78 Å². The molecule has 0 bridgehead atoms. The number of ketones is 1. The van der Waals surface area contributed by atoms with Crippen LogP contribution < -0.4 is 0 Å². The molecule has 15 heavy (non-hydrogen) atoms. The van der Waals surface area contributed by atoms with Crippen LogP contribution >= 0.6 is 22.6 Å². The molecule has 0 heterocycles. The zero-order valence-electron chi connectivity index (χ0n) is 8.54. The number of carbonyl (C=O) groups is 2. The zero-order valence-corrected chi connectivity index (χ0v) is 10.7. The Hall–Kier alpha value is -0.910. The van der Waals surface area contributed by atoms with Crippen molar-refractivity contribution in [2.24, 2.45) is 0 Å². The van der Waals surface area contributed by atoms with Crippen molar-refractivity contribution in [1.29, 1.82) is 0 Å². The lowest BCUT2D eigenvalue weighted by Gasteiger charge is -2.05. The molecule has 0 aliphatic rings. The minimum Gasteiger partial charge on any atom is -0.462 e. The molecule has 0 saturated heterocycles. The molecule has 0 amide bonds. The predicted octanol–water partition coefficient (Wildman–Crippen LogP) is 2.67. The Bertz CT molecular complexity index is 399. The fourth-order valence-corrected chi connectivity index (χ4v) is 1.84. The van der Waals surface area contributed by atoms with Gasteiger partial charge in [-0.1, -0.05) is 6.07 Å². The molecule has 0 atom stereocenters. The molecule has 0 saturated carbocycles. The molecular weight excluding hydrogens is 307 g/mol. The Morgan fingerprint density at radius 2 is 2.07 bits per heavy atom. The van der Waals surface area contributed by atoms with E-state index in [1.54, 1.807) is 25.1 Å². The summed E-state index contributed by atoms with van der Waals surface area (Å²) in [5.41, 5.74) is 1.11. The largest absolute Gasteiger partial charge is 0.462 e. The summed E-state index contributed by atoms with van der Waals surface area (Å²) in [6, 6.07) is 4.95. The predicted molar refractivity (Wildman–Crippen MR) is 65.1 cm³/mol. The normalized spacial score (nSPS) is 9.80. The maximum Gasteiger partial charge on any atom is 0.339 e. The Kier molecular flexibility index (Phi) is 4.26. The highest BCUT2D eigenvalue weighted by atomic mass is 127. The Morgan fingerprint density at radius 1 is 1.40 bits per heavy atom. The summed E-state index contributed by atoms with van der Waals surface area (Å²) in [5.74, 6) is -0.361. The topological polar surface area (TPSA) is 43.4 Å². The number of esters is 1.